The van der Waals surface area contributed by atoms with Gasteiger partial charge in [-0.1, -0.05) is 92.7 Å². The van der Waals surface area contributed by atoms with Crippen molar-refractivity contribution in [3.05, 3.63) is 121 Å². The highest BCUT2D eigenvalue weighted by Gasteiger charge is 2.41. The van der Waals surface area contributed by atoms with E-state index in [0.29, 0.717) is 12.4 Å². The van der Waals surface area contributed by atoms with E-state index in [1.165, 1.54) is 7.11 Å². The third-order valence-electron chi connectivity index (χ3n) is 11.9. The van der Waals surface area contributed by atoms with Gasteiger partial charge in [-0.3, -0.25) is 19.4 Å². The molecule has 0 spiro atoms. The number of carbonyl (C=O) groups is 3. The molecule has 0 saturated carbocycles. The maximum atomic E-state index is 13.9. The molecule has 2 aliphatic heterocycles. The molecule has 2 saturated heterocycles. The molecule has 13 nitrogen and oxygen atoms in total. The summed E-state index contributed by atoms with van der Waals surface area (Å²) in [5, 5.41) is 16.4. The number of imidazole rings is 2. The number of nitrogens with one attached hydrogen (secondary N) is 3. The van der Waals surface area contributed by atoms with E-state index in [4.69, 9.17) is 9.72 Å². The van der Waals surface area contributed by atoms with Gasteiger partial charge in [0.2, 0.25) is 5.91 Å². The number of hydrogen-bond acceptors (Lipinski definition) is 9. The fraction of sp³-hybridized carbons (Fsp3) is 0.340. The number of nitrogens with zero attached hydrogens (tertiary/aromatic N) is 5. The first-order chi connectivity index (χ1) is 29.0. The molecule has 2 amide bonds. The summed E-state index contributed by atoms with van der Waals surface area (Å²) in [7, 11) is 5.07. The Hall–Kier alpha value is -6.15. The highest BCUT2D eigenvalue weighted by molar-refractivity contribution is 5.93. The Morgan fingerprint density at radius 3 is 2.08 bits per heavy atom. The van der Waals surface area contributed by atoms with Crippen LogP contribution >= 0.6 is 0 Å². The molecule has 6 aromatic rings. The van der Waals surface area contributed by atoms with Gasteiger partial charge in [-0.15, -0.1) is 0 Å². The van der Waals surface area contributed by atoms with Gasteiger partial charge in [0, 0.05) is 18.5 Å². The molecule has 0 bridgehead atoms. The van der Waals surface area contributed by atoms with E-state index in [1.807, 2.05) is 74.3 Å². The number of aliphatic hydroxyl groups is 1. The molecule has 5 atom stereocenters. The zero-order valence-electron chi connectivity index (χ0n) is 34.6. The first-order valence-electron chi connectivity index (χ1n) is 20.6. The van der Waals surface area contributed by atoms with E-state index < -0.39 is 30.4 Å². The minimum atomic E-state index is -0.893. The number of aromatic nitrogens is 4. The summed E-state index contributed by atoms with van der Waals surface area (Å²) < 4.78 is 4.81. The van der Waals surface area contributed by atoms with Crippen LogP contribution in [0.1, 0.15) is 68.4 Å². The number of aliphatic hydroxyl groups excluding tert-OH is 1. The average Bonchev–Trinajstić information content (AvgIpc) is 4.09. The largest absolute Gasteiger partial charge is 0.453 e. The molecule has 60 heavy (non-hydrogen) atoms. The van der Waals surface area contributed by atoms with E-state index in [1.54, 1.807) is 11.1 Å². The van der Waals surface area contributed by atoms with Crippen molar-refractivity contribution in [3.8, 4) is 33.6 Å². The van der Waals surface area contributed by atoms with Crippen LogP contribution in [0, 0.1) is 5.92 Å². The van der Waals surface area contributed by atoms with Crippen LogP contribution in [0.3, 0.4) is 0 Å². The number of ketones is 1. The monoisotopic (exact) mass is 808 g/mol. The Balaban J connectivity index is 0.951. The topological polar surface area (TPSA) is 160 Å². The Kier molecular flexibility index (Phi) is 11.7. The van der Waals surface area contributed by atoms with Crippen LogP contribution in [0.25, 0.3) is 44.4 Å². The molecule has 0 aliphatic carbocycles. The molecular formula is C47H52N8O5. The van der Waals surface area contributed by atoms with Crippen LogP contribution < -0.4 is 5.32 Å². The van der Waals surface area contributed by atoms with Gasteiger partial charge in [0.15, 0.2) is 5.78 Å². The molecule has 4 heterocycles. The van der Waals surface area contributed by atoms with Crippen molar-refractivity contribution in [1.29, 1.82) is 0 Å². The highest BCUT2D eigenvalue weighted by atomic mass is 16.5. The average molecular weight is 809 g/mol. The Morgan fingerprint density at radius 1 is 0.833 bits per heavy atom. The minimum absolute atomic E-state index is 0.00769. The lowest BCUT2D eigenvalue weighted by atomic mass is 9.98. The number of alkyl carbamates (subject to hydrolysis) is 1. The Labute approximate surface area is 349 Å². The lowest BCUT2D eigenvalue weighted by Crippen LogP contribution is -2.54. The predicted octanol–water partition coefficient (Wildman–Crippen LogP) is 7.27. The van der Waals surface area contributed by atoms with Gasteiger partial charge in [0.1, 0.15) is 23.9 Å². The standard InChI is InChI=1S/C47H52N8O5/c1-28(2)41(52-47(59)60-5)45(57)54-21-9-12-39(54)43-48-26-38(51-43)35-20-19-33-22-32(17-18-34(33)23-35)29-13-15-30(16-14-29)37-25-49-44(50-37)40-24-36(56)27-55(40)46(58)42(53(3)4)31-10-7-6-8-11-31/h6-8,10-11,13-20,22-23,25-26,28,39-42,45,57H,9,12,21,24,27H2,1-5H3,(H,48,51)(H,49,50)(H,52,59)/t39-,40-,41-,42+,45?/m0/s1. The van der Waals surface area contributed by atoms with Crippen LogP contribution in [0.5, 0.6) is 0 Å². The van der Waals surface area contributed by atoms with Gasteiger partial charge < -0.3 is 30.0 Å². The number of hydrogen-bond donors (Lipinski definition) is 4. The molecule has 4 aromatic carbocycles. The molecule has 2 aliphatic rings. The Bertz CT molecular complexity index is 2480. The number of likely N-dealkylation sites (N-methyl/N-ethyl adjacent to an activating group) is 1. The fourth-order valence-electron chi connectivity index (χ4n) is 8.75. The second-order valence-electron chi connectivity index (χ2n) is 16.4. The molecule has 13 heteroatoms. The zero-order valence-corrected chi connectivity index (χ0v) is 34.6. The summed E-state index contributed by atoms with van der Waals surface area (Å²) in [6.07, 6.45) is 4.14. The van der Waals surface area contributed by atoms with Gasteiger partial charge in [-0.2, -0.15) is 0 Å². The van der Waals surface area contributed by atoms with Crippen LogP contribution in [0.4, 0.5) is 4.79 Å². The van der Waals surface area contributed by atoms with Crippen molar-refractivity contribution in [2.75, 3.05) is 34.3 Å². The van der Waals surface area contributed by atoms with Gasteiger partial charge in [0.05, 0.1) is 55.6 Å². The van der Waals surface area contributed by atoms with Gasteiger partial charge in [-0.25, -0.2) is 14.8 Å². The number of rotatable bonds is 12. The maximum Gasteiger partial charge on any atom is 0.407 e. The molecule has 1 unspecified atom stereocenters. The van der Waals surface area contributed by atoms with Crippen LogP contribution in [0.2, 0.25) is 0 Å². The first-order valence-corrected chi connectivity index (χ1v) is 20.6. The van der Waals surface area contributed by atoms with E-state index in [0.717, 1.165) is 68.6 Å². The number of amides is 2. The molecule has 4 N–H and O–H groups in total. The number of ether oxygens (including phenoxy) is 1. The summed E-state index contributed by atoms with van der Waals surface area (Å²) in [5.74, 6) is 1.27. The number of fused-ring (bicyclic) bond motifs is 1. The lowest BCUT2D eigenvalue weighted by Gasteiger charge is -2.35. The number of benzene rings is 4. The number of methoxy groups -OCH3 is 1. The lowest BCUT2D eigenvalue weighted by molar-refractivity contribution is -0.138. The number of aromatic amines is 2. The smallest absolute Gasteiger partial charge is 0.407 e. The maximum absolute atomic E-state index is 13.9. The third kappa shape index (κ3) is 8.20. The molecule has 310 valence electrons. The second-order valence-corrected chi connectivity index (χ2v) is 16.4. The van der Waals surface area contributed by atoms with E-state index in [9.17, 15) is 19.5 Å². The summed E-state index contributed by atoms with van der Waals surface area (Å²) in [6, 6.07) is 29.1. The summed E-state index contributed by atoms with van der Waals surface area (Å²) >= 11 is 0. The van der Waals surface area contributed by atoms with Gasteiger partial charge in [-0.05, 0) is 78.0 Å². The Morgan fingerprint density at radius 2 is 1.43 bits per heavy atom. The summed E-state index contributed by atoms with van der Waals surface area (Å²) in [6.45, 7) is 4.68. The minimum Gasteiger partial charge on any atom is -0.453 e. The van der Waals surface area contributed by atoms with Crippen LogP contribution in [-0.4, -0.2) is 104 Å². The van der Waals surface area contributed by atoms with Crippen molar-refractivity contribution >= 4 is 28.6 Å². The first kappa shape index (κ1) is 40.6. The zero-order chi connectivity index (χ0) is 42.1. The van der Waals surface area contributed by atoms with Crippen molar-refractivity contribution in [3.63, 3.8) is 0 Å². The number of Topliss-reactive ketones (excluding diaryl/α,β-unsaturated/α-hetero) is 1. The van der Waals surface area contributed by atoms with Crippen LogP contribution in [-0.2, 0) is 14.3 Å². The number of likely N-dealkylation sites (tertiary alicyclic amines) is 2. The highest BCUT2D eigenvalue weighted by Crippen LogP contribution is 2.37. The molecular weight excluding hydrogens is 757 g/mol. The normalized spacial score (nSPS) is 18.7. The quantitative estimate of drug-likeness (QED) is 0.0998. The molecule has 8 rings (SSSR count). The summed E-state index contributed by atoms with van der Waals surface area (Å²) in [5.41, 5.74) is 6.71. The van der Waals surface area contributed by atoms with Crippen molar-refractivity contribution < 1.29 is 24.2 Å². The van der Waals surface area contributed by atoms with Gasteiger partial charge in [0.25, 0.3) is 0 Å². The summed E-state index contributed by atoms with van der Waals surface area (Å²) in [4.78, 5) is 60.6. The molecule has 2 fully saturated rings. The van der Waals surface area contributed by atoms with Gasteiger partial charge >= 0.3 is 6.09 Å². The van der Waals surface area contributed by atoms with Crippen molar-refractivity contribution in [1.82, 2.24) is 40.0 Å². The fourth-order valence-corrected chi connectivity index (χ4v) is 8.75. The second kappa shape index (κ2) is 17.2. The predicted molar refractivity (Wildman–Crippen MR) is 230 cm³/mol. The van der Waals surface area contributed by atoms with Crippen molar-refractivity contribution in [2.45, 2.75) is 63.5 Å². The van der Waals surface area contributed by atoms with Crippen LogP contribution in [0.15, 0.2) is 103 Å². The van der Waals surface area contributed by atoms with E-state index in [2.05, 4.69) is 80.9 Å². The van der Waals surface area contributed by atoms with E-state index >= 15 is 0 Å². The number of carbonyl (C=O) groups excluding carboxylic acids is 3. The van der Waals surface area contributed by atoms with E-state index in [-0.39, 0.29) is 36.6 Å². The SMILES string of the molecule is COC(=O)N[C@@H](C(C)C)C(O)N1CCC[C@H]1c1ncc(-c2ccc3cc(-c4ccc(-c5cnc([C@@H]6CC(=O)CN6C(=O)[C@@H](c6ccccc6)N(C)C)[nH]5)cc4)ccc3c2)[nH]1. The van der Waals surface area contributed by atoms with Crippen molar-refractivity contribution in [2.24, 2.45) is 5.92 Å². The third-order valence-corrected chi connectivity index (χ3v) is 11.9. The number of H-pyrrole nitrogens is 2. The molecule has 0 radical (unpaired) electrons. The molecule has 2 aromatic heterocycles.